The third-order valence-electron chi connectivity index (χ3n) is 3.86. The van der Waals surface area contributed by atoms with Crippen molar-refractivity contribution in [1.82, 2.24) is 14.5 Å². The average Bonchev–Trinajstić information content (AvgIpc) is 2.95. The van der Waals surface area contributed by atoms with Gasteiger partial charge in [-0.15, -0.1) is 0 Å². The molecule has 1 fully saturated rings. The number of fused-ring (bicyclic) bond motifs is 1. The van der Waals surface area contributed by atoms with Gasteiger partial charge in [-0.05, 0) is 25.3 Å². The molecule has 1 N–H and O–H groups in total. The molecule has 2 aromatic heterocycles. The zero-order chi connectivity index (χ0) is 12.7. The molecule has 18 heavy (non-hydrogen) atoms. The number of hydrogen-bond acceptors (Lipinski definition) is 3. The predicted octanol–water partition coefficient (Wildman–Crippen LogP) is 1.94. The van der Waals surface area contributed by atoms with Crippen molar-refractivity contribution in [2.45, 2.75) is 25.2 Å². The van der Waals surface area contributed by atoms with Crippen molar-refractivity contribution in [3.8, 4) is 0 Å². The lowest BCUT2D eigenvalue weighted by molar-refractivity contribution is -0.141. The molecule has 0 radical (unpaired) electrons. The molecule has 0 spiro atoms. The Morgan fingerprint density at radius 3 is 3.00 bits per heavy atom. The van der Waals surface area contributed by atoms with E-state index in [1.165, 1.54) is 0 Å². The Labute approximate surface area is 104 Å². The highest BCUT2D eigenvalue weighted by molar-refractivity contribution is 5.75. The Morgan fingerprint density at radius 2 is 2.33 bits per heavy atom. The van der Waals surface area contributed by atoms with Gasteiger partial charge in [0.05, 0.1) is 23.1 Å². The third kappa shape index (κ3) is 1.66. The zero-order valence-corrected chi connectivity index (χ0v) is 10.2. The second-order valence-electron chi connectivity index (χ2n) is 4.94. The van der Waals surface area contributed by atoms with E-state index in [0.717, 1.165) is 29.7 Å². The average molecular weight is 245 g/mol. The third-order valence-corrected chi connectivity index (χ3v) is 3.86. The van der Waals surface area contributed by atoms with Crippen molar-refractivity contribution in [3.63, 3.8) is 0 Å². The summed E-state index contributed by atoms with van der Waals surface area (Å²) in [5.74, 6) is 0.344. The molecule has 1 aliphatic carbocycles. The van der Waals surface area contributed by atoms with Gasteiger partial charge in [0.1, 0.15) is 5.82 Å². The summed E-state index contributed by atoms with van der Waals surface area (Å²) in [6.45, 7) is 0. The Balaban J connectivity index is 1.96. The molecule has 94 valence electrons. The maximum atomic E-state index is 11.0. The van der Waals surface area contributed by atoms with E-state index in [0.29, 0.717) is 6.42 Å². The normalized spacial score (nSPS) is 23.6. The number of imidazole rings is 1. The molecule has 3 rings (SSSR count). The van der Waals surface area contributed by atoms with Crippen LogP contribution >= 0.6 is 0 Å². The quantitative estimate of drug-likeness (QED) is 0.877. The van der Waals surface area contributed by atoms with E-state index in [1.54, 1.807) is 12.4 Å². The number of pyridine rings is 1. The van der Waals surface area contributed by atoms with E-state index in [9.17, 15) is 4.79 Å². The van der Waals surface area contributed by atoms with E-state index in [-0.39, 0.29) is 11.8 Å². The van der Waals surface area contributed by atoms with Gasteiger partial charge in [-0.1, -0.05) is 0 Å². The molecular formula is C13H15N3O2. The standard InChI is InChI=1S/C13H15N3O2/c1-16-11-7-14-5-4-10(11)15-12(16)8-2-3-9(6-8)13(17)18/h4-5,7-9H,2-3,6H2,1H3,(H,17,18). The van der Waals surface area contributed by atoms with Crippen molar-refractivity contribution in [2.24, 2.45) is 13.0 Å². The second-order valence-corrected chi connectivity index (χ2v) is 4.94. The molecule has 5 nitrogen and oxygen atoms in total. The number of aryl methyl sites for hydroxylation is 1. The van der Waals surface area contributed by atoms with Crippen LogP contribution < -0.4 is 0 Å². The molecule has 1 saturated carbocycles. The van der Waals surface area contributed by atoms with Gasteiger partial charge in [0, 0.05) is 19.2 Å². The number of carbonyl (C=O) groups is 1. The maximum absolute atomic E-state index is 11.0. The molecule has 0 saturated heterocycles. The molecule has 0 aromatic carbocycles. The molecule has 5 heteroatoms. The Bertz CT molecular complexity index is 605. The first-order valence-electron chi connectivity index (χ1n) is 6.16. The highest BCUT2D eigenvalue weighted by Gasteiger charge is 2.33. The van der Waals surface area contributed by atoms with Crippen LogP contribution in [-0.4, -0.2) is 25.6 Å². The van der Waals surface area contributed by atoms with Crippen molar-refractivity contribution < 1.29 is 9.90 Å². The first-order valence-corrected chi connectivity index (χ1v) is 6.16. The molecule has 0 aliphatic heterocycles. The molecule has 0 bridgehead atoms. The van der Waals surface area contributed by atoms with Crippen LogP contribution in [0.5, 0.6) is 0 Å². The topological polar surface area (TPSA) is 68.0 Å². The summed E-state index contributed by atoms with van der Waals surface area (Å²) in [5.41, 5.74) is 1.94. The molecule has 2 heterocycles. The zero-order valence-electron chi connectivity index (χ0n) is 10.2. The second kappa shape index (κ2) is 4.08. The van der Waals surface area contributed by atoms with Crippen LogP contribution in [0.1, 0.15) is 31.0 Å². The largest absolute Gasteiger partial charge is 0.481 e. The van der Waals surface area contributed by atoms with Crippen molar-refractivity contribution in [1.29, 1.82) is 0 Å². The van der Waals surface area contributed by atoms with Gasteiger partial charge in [-0.25, -0.2) is 4.98 Å². The van der Waals surface area contributed by atoms with E-state index in [4.69, 9.17) is 5.11 Å². The molecule has 2 atom stereocenters. The Morgan fingerprint density at radius 1 is 1.50 bits per heavy atom. The van der Waals surface area contributed by atoms with Crippen LogP contribution in [0.2, 0.25) is 0 Å². The lowest BCUT2D eigenvalue weighted by Crippen LogP contribution is -2.10. The van der Waals surface area contributed by atoms with E-state index < -0.39 is 5.97 Å². The van der Waals surface area contributed by atoms with Crippen molar-refractivity contribution >= 4 is 17.0 Å². The lowest BCUT2D eigenvalue weighted by Gasteiger charge is -2.09. The van der Waals surface area contributed by atoms with Crippen LogP contribution in [0.4, 0.5) is 0 Å². The summed E-state index contributed by atoms with van der Waals surface area (Å²) in [7, 11) is 1.97. The maximum Gasteiger partial charge on any atom is 0.306 e. The van der Waals surface area contributed by atoms with E-state index in [1.807, 2.05) is 17.7 Å². The van der Waals surface area contributed by atoms with Gasteiger partial charge in [0.15, 0.2) is 0 Å². The highest BCUT2D eigenvalue weighted by Crippen LogP contribution is 2.38. The fraction of sp³-hybridized carbons (Fsp3) is 0.462. The summed E-state index contributed by atoms with van der Waals surface area (Å²) in [6.07, 6.45) is 5.88. The first kappa shape index (κ1) is 11.2. The number of carboxylic acid groups (broad SMARTS) is 1. The Kier molecular flexibility index (Phi) is 2.54. The molecule has 2 unspecified atom stereocenters. The Hall–Kier alpha value is -1.91. The molecule has 1 aliphatic rings. The van der Waals surface area contributed by atoms with Crippen molar-refractivity contribution in [3.05, 3.63) is 24.3 Å². The molecular weight excluding hydrogens is 230 g/mol. The van der Waals surface area contributed by atoms with Crippen LogP contribution in [-0.2, 0) is 11.8 Å². The van der Waals surface area contributed by atoms with Gasteiger partial charge < -0.3 is 9.67 Å². The smallest absolute Gasteiger partial charge is 0.306 e. The van der Waals surface area contributed by atoms with Crippen LogP contribution in [0.3, 0.4) is 0 Å². The number of carboxylic acids is 1. The summed E-state index contributed by atoms with van der Waals surface area (Å²) in [4.78, 5) is 19.7. The van der Waals surface area contributed by atoms with Crippen molar-refractivity contribution in [2.75, 3.05) is 0 Å². The number of aromatic nitrogens is 3. The SMILES string of the molecule is Cn1c(C2CCC(C(=O)O)C2)nc2ccncc21. The van der Waals surface area contributed by atoms with Gasteiger partial charge in [0.2, 0.25) is 0 Å². The minimum Gasteiger partial charge on any atom is -0.481 e. The predicted molar refractivity (Wildman–Crippen MR) is 66.2 cm³/mol. The van der Waals surface area contributed by atoms with Crippen LogP contribution in [0.15, 0.2) is 18.5 Å². The first-order chi connectivity index (χ1) is 8.66. The van der Waals surface area contributed by atoms with Crippen LogP contribution in [0.25, 0.3) is 11.0 Å². The number of hydrogen-bond donors (Lipinski definition) is 1. The van der Waals surface area contributed by atoms with Gasteiger partial charge in [-0.3, -0.25) is 9.78 Å². The summed E-state index contributed by atoms with van der Waals surface area (Å²) in [5, 5.41) is 9.05. The molecule has 2 aromatic rings. The van der Waals surface area contributed by atoms with Gasteiger partial charge >= 0.3 is 5.97 Å². The minimum absolute atomic E-state index is 0.215. The van der Waals surface area contributed by atoms with E-state index >= 15 is 0 Å². The molecule has 0 amide bonds. The van der Waals surface area contributed by atoms with Crippen LogP contribution in [0, 0.1) is 5.92 Å². The monoisotopic (exact) mass is 245 g/mol. The van der Waals surface area contributed by atoms with E-state index in [2.05, 4.69) is 9.97 Å². The van der Waals surface area contributed by atoms with Gasteiger partial charge in [0.25, 0.3) is 0 Å². The van der Waals surface area contributed by atoms with Gasteiger partial charge in [-0.2, -0.15) is 0 Å². The number of aliphatic carboxylic acids is 1. The number of nitrogens with zero attached hydrogens (tertiary/aromatic N) is 3. The number of rotatable bonds is 2. The fourth-order valence-corrected chi connectivity index (χ4v) is 2.86. The summed E-state index contributed by atoms with van der Waals surface area (Å²) in [6, 6.07) is 1.89. The summed E-state index contributed by atoms with van der Waals surface area (Å²) >= 11 is 0. The minimum atomic E-state index is -0.682. The summed E-state index contributed by atoms with van der Waals surface area (Å²) < 4.78 is 2.04. The lowest BCUT2D eigenvalue weighted by atomic mass is 10.0. The fourth-order valence-electron chi connectivity index (χ4n) is 2.86. The highest BCUT2D eigenvalue weighted by atomic mass is 16.4.